The third-order valence-electron chi connectivity index (χ3n) is 3.47. The van der Waals surface area contributed by atoms with E-state index in [0.717, 1.165) is 30.6 Å². The van der Waals surface area contributed by atoms with Gasteiger partial charge in [-0.05, 0) is 12.8 Å². The molecule has 0 aromatic heterocycles. The zero-order valence-electron chi connectivity index (χ0n) is 11.1. The lowest BCUT2D eigenvalue weighted by Crippen LogP contribution is -2.44. The van der Waals surface area contributed by atoms with Gasteiger partial charge in [0, 0.05) is 12.6 Å². The Morgan fingerprint density at radius 2 is 1.80 bits per heavy atom. The molecule has 7 nitrogen and oxygen atoms in total. The topological polar surface area (TPSA) is 86.8 Å². The van der Waals surface area contributed by atoms with Crippen LogP contribution >= 0.6 is 0 Å². The molecule has 5 amide bonds. The average molecular weight is 279 g/mol. The van der Waals surface area contributed by atoms with Gasteiger partial charge in [-0.15, -0.1) is 6.58 Å². The van der Waals surface area contributed by atoms with E-state index in [2.05, 4.69) is 11.9 Å². The Balaban J connectivity index is 1.96. The highest BCUT2D eigenvalue weighted by molar-refractivity contribution is 6.45. The summed E-state index contributed by atoms with van der Waals surface area (Å²) in [6.07, 6.45) is 5.31. The number of hydrogen-bond donors (Lipinski definition) is 1. The molecule has 0 bridgehead atoms. The van der Waals surface area contributed by atoms with Crippen LogP contribution in [0.3, 0.4) is 0 Å². The minimum absolute atomic E-state index is 0.0375. The van der Waals surface area contributed by atoms with Gasteiger partial charge in [-0.3, -0.25) is 19.3 Å². The largest absolute Gasteiger partial charge is 0.352 e. The van der Waals surface area contributed by atoms with E-state index in [9.17, 15) is 19.2 Å². The monoisotopic (exact) mass is 279 g/mol. The summed E-state index contributed by atoms with van der Waals surface area (Å²) in [7, 11) is 0. The van der Waals surface area contributed by atoms with Crippen molar-refractivity contribution in [2.45, 2.75) is 31.7 Å². The number of hydrogen-bond acceptors (Lipinski definition) is 4. The van der Waals surface area contributed by atoms with Crippen molar-refractivity contribution in [1.29, 1.82) is 0 Å². The molecule has 7 heteroatoms. The van der Waals surface area contributed by atoms with Crippen molar-refractivity contribution in [3.05, 3.63) is 12.7 Å². The molecule has 0 aromatic rings. The van der Waals surface area contributed by atoms with Crippen molar-refractivity contribution in [3.63, 3.8) is 0 Å². The third-order valence-corrected chi connectivity index (χ3v) is 3.47. The highest BCUT2D eigenvalue weighted by atomic mass is 16.2. The number of imide groups is 2. The highest BCUT2D eigenvalue weighted by Gasteiger charge is 2.44. The molecule has 1 saturated carbocycles. The zero-order valence-corrected chi connectivity index (χ0v) is 11.1. The van der Waals surface area contributed by atoms with Gasteiger partial charge in [-0.1, -0.05) is 18.9 Å². The molecule has 1 N–H and O–H groups in total. The van der Waals surface area contributed by atoms with E-state index in [1.807, 2.05) is 0 Å². The third kappa shape index (κ3) is 2.71. The van der Waals surface area contributed by atoms with Crippen molar-refractivity contribution in [3.8, 4) is 0 Å². The molecule has 108 valence electrons. The number of nitrogens with one attached hydrogen (secondary N) is 1. The summed E-state index contributed by atoms with van der Waals surface area (Å²) in [6.45, 7) is 2.97. The van der Waals surface area contributed by atoms with Gasteiger partial charge < -0.3 is 5.32 Å². The van der Waals surface area contributed by atoms with E-state index in [4.69, 9.17) is 0 Å². The van der Waals surface area contributed by atoms with Gasteiger partial charge in [-0.2, -0.15) is 0 Å². The van der Waals surface area contributed by atoms with Gasteiger partial charge in [0.05, 0.1) is 0 Å². The number of rotatable bonds is 5. The molecular weight excluding hydrogens is 262 g/mol. The quantitative estimate of drug-likeness (QED) is 0.437. The molecule has 1 heterocycles. The Hall–Kier alpha value is -2.18. The maximum absolute atomic E-state index is 11.9. The van der Waals surface area contributed by atoms with Crippen LogP contribution in [0.15, 0.2) is 12.7 Å². The summed E-state index contributed by atoms with van der Waals surface area (Å²) < 4.78 is 0. The fourth-order valence-corrected chi connectivity index (χ4v) is 2.47. The molecule has 1 aliphatic heterocycles. The molecule has 0 radical (unpaired) electrons. The lowest BCUT2D eigenvalue weighted by Gasteiger charge is -2.16. The molecule has 2 fully saturated rings. The molecule has 0 atom stereocenters. The van der Waals surface area contributed by atoms with Crippen molar-refractivity contribution >= 4 is 23.8 Å². The van der Waals surface area contributed by atoms with Crippen molar-refractivity contribution in [1.82, 2.24) is 15.1 Å². The van der Waals surface area contributed by atoms with Crippen LogP contribution in [-0.4, -0.2) is 52.7 Å². The summed E-state index contributed by atoms with van der Waals surface area (Å²) in [6, 6.07) is -0.656. The van der Waals surface area contributed by atoms with E-state index in [1.54, 1.807) is 0 Å². The second-order valence-electron chi connectivity index (χ2n) is 4.93. The number of carbonyl (C=O) groups is 4. The molecule has 2 aliphatic rings. The van der Waals surface area contributed by atoms with Crippen molar-refractivity contribution < 1.29 is 19.2 Å². The van der Waals surface area contributed by atoms with Crippen LogP contribution in [0.5, 0.6) is 0 Å². The van der Waals surface area contributed by atoms with Crippen LogP contribution in [0.25, 0.3) is 0 Å². The normalized spacial score (nSPS) is 19.9. The minimum atomic E-state index is -0.960. The van der Waals surface area contributed by atoms with Gasteiger partial charge in [0.2, 0.25) is 5.91 Å². The Morgan fingerprint density at radius 3 is 2.40 bits per heavy atom. The number of urea groups is 1. The smallest absolute Gasteiger partial charge is 0.335 e. The maximum atomic E-state index is 11.9. The predicted octanol–water partition coefficient (Wildman–Crippen LogP) is 0.0220. The van der Waals surface area contributed by atoms with Crippen LogP contribution in [0.4, 0.5) is 4.79 Å². The second kappa shape index (κ2) is 5.85. The Kier molecular flexibility index (Phi) is 4.16. The Labute approximate surface area is 116 Å². The van der Waals surface area contributed by atoms with Crippen LogP contribution < -0.4 is 5.32 Å². The Bertz CT molecular complexity index is 468. The maximum Gasteiger partial charge on any atom is 0.335 e. The summed E-state index contributed by atoms with van der Waals surface area (Å²) in [5.74, 6) is -2.28. The van der Waals surface area contributed by atoms with E-state index >= 15 is 0 Å². The summed E-state index contributed by atoms with van der Waals surface area (Å²) in [5, 5.41) is 2.77. The minimum Gasteiger partial charge on any atom is -0.352 e. The summed E-state index contributed by atoms with van der Waals surface area (Å²) in [5.41, 5.74) is 0. The van der Waals surface area contributed by atoms with Gasteiger partial charge >= 0.3 is 17.8 Å². The first-order valence-corrected chi connectivity index (χ1v) is 6.62. The SMILES string of the molecule is C=CCN1C(=O)C(=O)N(CC(=O)NC2CCCC2)C1=O. The molecule has 0 unspecified atom stereocenters. The highest BCUT2D eigenvalue weighted by Crippen LogP contribution is 2.18. The van der Waals surface area contributed by atoms with E-state index in [1.165, 1.54) is 6.08 Å². The molecular formula is C13H17N3O4. The molecule has 20 heavy (non-hydrogen) atoms. The van der Waals surface area contributed by atoms with E-state index < -0.39 is 30.3 Å². The number of amides is 5. The van der Waals surface area contributed by atoms with Crippen molar-refractivity contribution in [2.75, 3.05) is 13.1 Å². The van der Waals surface area contributed by atoms with E-state index in [0.29, 0.717) is 4.90 Å². The summed E-state index contributed by atoms with van der Waals surface area (Å²) in [4.78, 5) is 48.4. The first kappa shape index (κ1) is 14.2. The average Bonchev–Trinajstić information content (AvgIpc) is 2.98. The van der Waals surface area contributed by atoms with Gasteiger partial charge in [0.25, 0.3) is 0 Å². The van der Waals surface area contributed by atoms with E-state index in [-0.39, 0.29) is 12.6 Å². The van der Waals surface area contributed by atoms with Gasteiger partial charge in [-0.25, -0.2) is 9.69 Å². The van der Waals surface area contributed by atoms with Crippen LogP contribution in [0, 0.1) is 0 Å². The fraction of sp³-hybridized carbons (Fsp3) is 0.538. The molecule has 0 spiro atoms. The lowest BCUT2D eigenvalue weighted by molar-refractivity contribution is -0.143. The summed E-state index contributed by atoms with van der Waals surface area (Å²) >= 11 is 0. The molecule has 0 aromatic carbocycles. The van der Waals surface area contributed by atoms with Crippen LogP contribution in [0.1, 0.15) is 25.7 Å². The Morgan fingerprint density at radius 1 is 1.20 bits per heavy atom. The predicted molar refractivity (Wildman–Crippen MR) is 69.4 cm³/mol. The first-order valence-electron chi connectivity index (χ1n) is 6.62. The molecule has 2 rings (SSSR count). The fourth-order valence-electron chi connectivity index (χ4n) is 2.47. The molecule has 1 saturated heterocycles. The van der Waals surface area contributed by atoms with Gasteiger partial charge in [0.15, 0.2) is 0 Å². The van der Waals surface area contributed by atoms with Crippen LogP contribution in [-0.2, 0) is 14.4 Å². The lowest BCUT2D eigenvalue weighted by atomic mass is 10.2. The van der Waals surface area contributed by atoms with Gasteiger partial charge in [0.1, 0.15) is 6.54 Å². The number of carbonyl (C=O) groups excluding carboxylic acids is 4. The second-order valence-corrected chi connectivity index (χ2v) is 4.93. The van der Waals surface area contributed by atoms with Crippen molar-refractivity contribution in [2.24, 2.45) is 0 Å². The number of nitrogens with zero attached hydrogens (tertiary/aromatic N) is 2. The standard InChI is InChI=1S/C13H17N3O4/c1-2-7-15-11(18)12(19)16(13(15)20)8-10(17)14-9-5-3-4-6-9/h2,9H,1,3-8H2,(H,14,17). The van der Waals surface area contributed by atoms with Crippen LogP contribution in [0.2, 0.25) is 0 Å². The zero-order chi connectivity index (χ0) is 14.7. The first-order chi connectivity index (χ1) is 9.54. The molecule has 1 aliphatic carbocycles.